The molecule has 2 nitrogen and oxygen atoms in total. The Labute approximate surface area is 54.8 Å². The van der Waals surface area contributed by atoms with Crippen LogP contribution in [0.2, 0.25) is 0 Å². The van der Waals surface area contributed by atoms with Gasteiger partial charge in [-0.15, -0.1) is 0 Å². The van der Waals surface area contributed by atoms with Gasteiger partial charge in [-0.25, -0.2) is 0 Å². The fourth-order valence-corrected chi connectivity index (χ4v) is 0.311. The van der Waals surface area contributed by atoms with Crippen LogP contribution in [-0.2, 0) is 4.79 Å². The fourth-order valence-electron chi connectivity index (χ4n) is 0.311. The van der Waals surface area contributed by atoms with Gasteiger partial charge < -0.3 is 5.41 Å². The number of unbranched alkanes of at least 4 members (excludes halogenated alkanes) is 1. The van der Waals surface area contributed by atoms with Gasteiger partial charge in [0.2, 0.25) is 5.78 Å². The summed E-state index contributed by atoms with van der Waals surface area (Å²) >= 11 is 0. The molecule has 48 valence electrons. The number of carbonyl (C=O) groups excluding carboxylic acids is 1. The van der Waals surface area contributed by atoms with Crippen LogP contribution in [0, 0.1) is 17.3 Å². The molecular formula is C7H9NO. The molecular weight excluding hydrogens is 114 g/mol. The summed E-state index contributed by atoms with van der Waals surface area (Å²) in [5, 5.41) is 6.47. The number of ketones is 1. The van der Waals surface area contributed by atoms with Crippen LogP contribution in [0.25, 0.3) is 0 Å². The van der Waals surface area contributed by atoms with Gasteiger partial charge in [-0.3, -0.25) is 4.79 Å². The molecule has 0 aromatic rings. The maximum atomic E-state index is 10.3. The lowest BCUT2D eigenvalue weighted by Crippen LogP contribution is -1.90. The van der Waals surface area contributed by atoms with Crippen LogP contribution >= 0.6 is 0 Å². The van der Waals surface area contributed by atoms with E-state index in [0.717, 1.165) is 19.1 Å². The largest absolute Gasteiger partial charge is 0.304 e. The molecule has 1 N–H and O–H groups in total. The van der Waals surface area contributed by atoms with Crippen LogP contribution in [-0.4, -0.2) is 12.0 Å². The molecule has 0 aliphatic carbocycles. The summed E-state index contributed by atoms with van der Waals surface area (Å²) in [5.41, 5.74) is 0. The lowest BCUT2D eigenvalue weighted by molar-refractivity contribution is -0.107. The van der Waals surface area contributed by atoms with Crippen LogP contribution in [0.1, 0.15) is 19.8 Å². The van der Waals surface area contributed by atoms with E-state index in [2.05, 4.69) is 11.8 Å². The van der Waals surface area contributed by atoms with Gasteiger partial charge in [0.15, 0.2) is 0 Å². The Bertz CT molecular complexity index is 161. The van der Waals surface area contributed by atoms with Crippen molar-refractivity contribution in [3.05, 3.63) is 0 Å². The molecule has 0 saturated heterocycles. The molecule has 0 saturated carbocycles. The predicted molar refractivity (Wildman–Crippen MR) is 36.5 cm³/mol. The molecule has 0 aliphatic heterocycles. The average Bonchev–Trinajstić information content (AvgIpc) is 1.89. The molecule has 0 heterocycles. The van der Waals surface area contributed by atoms with E-state index >= 15 is 0 Å². The van der Waals surface area contributed by atoms with E-state index in [-0.39, 0.29) is 0 Å². The molecule has 0 rings (SSSR count). The molecule has 0 amide bonds. The lowest BCUT2D eigenvalue weighted by atomic mass is 10.3. The van der Waals surface area contributed by atoms with Crippen molar-refractivity contribution < 1.29 is 4.79 Å². The lowest BCUT2D eigenvalue weighted by Gasteiger charge is -1.75. The van der Waals surface area contributed by atoms with E-state index in [4.69, 9.17) is 5.41 Å². The van der Waals surface area contributed by atoms with Crippen molar-refractivity contribution in [3.8, 4) is 11.8 Å². The Morgan fingerprint density at radius 2 is 2.44 bits per heavy atom. The molecule has 0 aromatic heterocycles. The highest BCUT2D eigenvalue weighted by atomic mass is 16.1. The third kappa shape index (κ3) is 4.76. The van der Waals surface area contributed by atoms with Gasteiger partial charge in [-0.1, -0.05) is 12.8 Å². The molecule has 0 atom stereocenters. The highest BCUT2D eigenvalue weighted by molar-refractivity contribution is 6.34. The Balaban J connectivity index is 3.58. The van der Waals surface area contributed by atoms with E-state index < -0.39 is 5.78 Å². The van der Waals surface area contributed by atoms with Crippen molar-refractivity contribution in [2.75, 3.05) is 0 Å². The minimum absolute atomic E-state index is 0.413. The third-order valence-electron chi connectivity index (χ3n) is 0.718. The van der Waals surface area contributed by atoms with Gasteiger partial charge in [0.25, 0.3) is 0 Å². The smallest absolute Gasteiger partial charge is 0.246 e. The van der Waals surface area contributed by atoms with Crippen LogP contribution in [0.5, 0.6) is 0 Å². The van der Waals surface area contributed by atoms with Crippen molar-refractivity contribution in [1.29, 1.82) is 5.41 Å². The Morgan fingerprint density at radius 3 is 2.89 bits per heavy atom. The Hall–Kier alpha value is -1.10. The topological polar surface area (TPSA) is 40.9 Å². The van der Waals surface area contributed by atoms with Gasteiger partial charge in [-0.2, -0.15) is 0 Å². The van der Waals surface area contributed by atoms with Gasteiger partial charge in [0, 0.05) is 6.42 Å². The number of carbonyl (C=O) groups is 1. The zero-order valence-corrected chi connectivity index (χ0v) is 5.40. The minimum Gasteiger partial charge on any atom is -0.304 e. The number of hydrogen-bond acceptors (Lipinski definition) is 2. The normalized spacial score (nSPS) is 7.22. The first-order valence-electron chi connectivity index (χ1n) is 2.84. The average molecular weight is 123 g/mol. The summed E-state index contributed by atoms with van der Waals surface area (Å²) in [6.45, 7) is 1.99. The molecule has 0 bridgehead atoms. The Kier molecular flexibility index (Phi) is 4.43. The second kappa shape index (κ2) is 5.04. The first kappa shape index (κ1) is 7.90. The molecule has 0 fully saturated rings. The molecule has 0 aliphatic rings. The summed E-state index contributed by atoms with van der Waals surface area (Å²) in [4.78, 5) is 10.3. The summed E-state index contributed by atoms with van der Waals surface area (Å²) in [5.74, 6) is 4.52. The first-order valence-corrected chi connectivity index (χ1v) is 2.84. The number of hydrogen-bond donors (Lipinski definition) is 1. The third-order valence-corrected chi connectivity index (χ3v) is 0.718. The van der Waals surface area contributed by atoms with Crippen molar-refractivity contribution in [3.63, 3.8) is 0 Å². The maximum absolute atomic E-state index is 10.3. The molecule has 2 heteroatoms. The highest BCUT2D eigenvalue weighted by Crippen LogP contribution is 1.80. The standard InChI is InChI=1S/C7H9NO/c1-2-3-4-5-7(9)6-8/h6,8H,2-3H2,1H3. The van der Waals surface area contributed by atoms with Crippen molar-refractivity contribution in [1.82, 2.24) is 0 Å². The summed E-state index contributed by atoms with van der Waals surface area (Å²) in [7, 11) is 0. The minimum atomic E-state index is -0.413. The van der Waals surface area contributed by atoms with Crippen molar-refractivity contribution in [2.24, 2.45) is 0 Å². The summed E-state index contributed by atoms with van der Waals surface area (Å²) < 4.78 is 0. The molecule has 0 unspecified atom stereocenters. The number of Topliss-reactive ketones (excluding diaryl/α,β-unsaturated/α-hetero) is 1. The molecule has 9 heavy (non-hydrogen) atoms. The van der Waals surface area contributed by atoms with Crippen LogP contribution < -0.4 is 0 Å². The van der Waals surface area contributed by atoms with E-state index in [1.165, 1.54) is 0 Å². The maximum Gasteiger partial charge on any atom is 0.246 e. The van der Waals surface area contributed by atoms with E-state index in [0.29, 0.717) is 0 Å². The quantitative estimate of drug-likeness (QED) is 0.332. The van der Waals surface area contributed by atoms with Crippen molar-refractivity contribution >= 4 is 12.0 Å². The van der Waals surface area contributed by atoms with E-state index in [9.17, 15) is 4.79 Å². The summed E-state index contributed by atoms with van der Waals surface area (Å²) in [6.07, 6.45) is 2.42. The first-order chi connectivity index (χ1) is 4.31. The second-order valence-electron chi connectivity index (χ2n) is 1.56. The molecule has 0 spiro atoms. The molecule has 0 radical (unpaired) electrons. The van der Waals surface area contributed by atoms with Gasteiger partial charge in [0.1, 0.15) is 0 Å². The van der Waals surface area contributed by atoms with Gasteiger partial charge >= 0.3 is 0 Å². The predicted octanol–water partition coefficient (Wildman–Crippen LogP) is 1.01. The summed E-state index contributed by atoms with van der Waals surface area (Å²) in [6, 6.07) is 0. The monoisotopic (exact) mass is 123 g/mol. The van der Waals surface area contributed by atoms with E-state index in [1.54, 1.807) is 0 Å². The van der Waals surface area contributed by atoms with Gasteiger partial charge in [0.05, 0.1) is 6.21 Å². The van der Waals surface area contributed by atoms with Crippen LogP contribution in [0.4, 0.5) is 0 Å². The van der Waals surface area contributed by atoms with Crippen LogP contribution in [0.15, 0.2) is 0 Å². The Morgan fingerprint density at radius 1 is 1.78 bits per heavy atom. The second-order valence-corrected chi connectivity index (χ2v) is 1.56. The SMILES string of the molecule is CCCC#CC(=O)C=N. The zero-order chi connectivity index (χ0) is 7.11. The van der Waals surface area contributed by atoms with E-state index in [1.807, 2.05) is 6.92 Å². The number of rotatable bonds is 2. The fraction of sp³-hybridized carbons (Fsp3) is 0.429. The highest BCUT2D eigenvalue weighted by Gasteiger charge is 1.82. The van der Waals surface area contributed by atoms with Gasteiger partial charge in [-0.05, 0) is 12.3 Å². The molecule has 0 aromatic carbocycles. The van der Waals surface area contributed by atoms with Crippen molar-refractivity contribution in [2.45, 2.75) is 19.8 Å². The van der Waals surface area contributed by atoms with Crippen LogP contribution in [0.3, 0.4) is 0 Å². The zero-order valence-electron chi connectivity index (χ0n) is 5.40. The number of nitrogens with one attached hydrogen (secondary N) is 1.